The van der Waals surface area contributed by atoms with Crippen LogP contribution in [0.15, 0.2) is 64.1 Å². The summed E-state index contributed by atoms with van der Waals surface area (Å²) in [6.07, 6.45) is 1.71. The molecule has 0 bridgehead atoms. The van der Waals surface area contributed by atoms with Crippen LogP contribution in [-0.2, 0) is 11.2 Å². The number of hydrazone groups is 1. The maximum absolute atomic E-state index is 13.0. The van der Waals surface area contributed by atoms with Gasteiger partial charge in [-0.3, -0.25) is 4.79 Å². The Labute approximate surface area is 151 Å². The fraction of sp³-hybridized carbons (Fsp3) is 0.143. The van der Waals surface area contributed by atoms with Gasteiger partial charge in [0.2, 0.25) is 5.91 Å². The van der Waals surface area contributed by atoms with Crippen LogP contribution in [0.5, 0.6) is 0 Å². The van der Waals surface area contributed by atoms with Crippen LogP contribution in [0.25, 0.3) is 11.3 Å². The molecule has 26 heavy (non-hydrogen) atoms. The molecular weight excluding hydrogens is 331 g/mol. The molecule has 2 aromatic carbocycles. The lowest BCUT2D eigenvalue weighted by Gasteiger charge is -2.05. The topological polar surface area (TPSA) is 54.6 Å². The van der Waals surface area contributed by atoms with Gasteiger partial charge in [0.15, 0.2) is 0 Å². The molecule has 0 unspecified atom stereocenters. The molecule has 5 heteroatoms. The van der Waals surface area contributed by atoms with Gasteiger partial charge in [0.25, 0.3) is 0 Å². The van der Waals surface area contributed by atoms with Crippen molar-refractivity contribution < 1.29 is 13.6 Å². The quantitative estimate of drug-likeness (QED) is 0.548. The molecule has 0 atom stereocenters. The second-order valence-corrected chi connectivity index (χ2v) is 6.11. The third-order valence-corrected chi connectivity index (χ3v) is 3.99. The van der Waals surface area contributed by atoms with Crippen molar-refractivity contribution in [3.8, 4) is 11.3 Å². The zero-order valence-electron chi connectivity index (χ0n) is 14.6. The van der Waals surface area contributed by atoms with Crippen molar-refractivity contribution in [2.45, 2.75) is 20.3 Å². The predicted molar refractivity (Wildman–Crippen MR) is 99.5 cm³/mol. The minimum absolute atomic E-state index is 0.194. The molecular formula is C21H19FN2O2. The van der Waals surface area contributed by atoms with Gasteiger partial charge in [-0.2, -0.15) is 5.10 Å². The molecule has 0 radical (unpaired) electrons. The molecule has 1 amide bonds. The highest BCUT2D eigenvalue weighted by Crippen LogP contribution is 2.21. The lowest BCUT2D eigenvalue weighted by atomic mass is 10.0. The number of hydrogen-bond acceptors (Lipinski definition) is 3. The summed E-state index contributed by atoms with van der Waals surface area (Å²) >= 11 is 0. The van der Waals surface area contributed by atoms with E-state index in [2.05, 4.69) is 10.5 Å². The lowest BCUT2D eigenvalue weighted by Crippen LogP contribution is -2.20. The van der Waals surface area contributed by atoms with Crippen molar-refractivity contribution in [1.29, 1.82) is 0 Å². The molecule has 0 saturated heterocycles. The van der Waals surface area contributed by atoms with E-state index in [1.807, 2.05) is 32.0 Å². The van der Waals surface area contributed by atoms with E-state index in [9.17, 15) is 9.18 Å². The Morgan fingerprint density at radius 3 is 2.65 bits per heavy atom. The van der Waals surface area contributed by atoms with E-state index in [0.29, 0.717) is 11.5 Å². The zero-order chi connectivity index (χ0) is 18.5. The molecule has 3 rings (SSSR count). The molecule has 3 aromatic rings. The summed E-state index contributed by atoms with van der Waals surface area (Å²) in [5, 5.41) is 3.93. The Bertz CT molecular complexity index is 943. The largest absolute Gasteiger partial charge is 0.455 e. The van der Waals surface area contributed by atoms with E-state index in [0.717, 1.165) is 22.3 Å². The second-order valence-electron chi connectivity index (χ2n) is 6.11. The zero-order valence-corrected chi connectivity index (χ0v) is 14.6. The molecule has 0 spiro atoms. The average molecular weight is 350 g/mol. The summed E-state index contributed by atoms with van der Waals surface area (Å²) in [4.78, 5) is 12.0. The molecule has 1 aromatic heterocycles. The summed E-state index contributed by atoms with van der Waals surface area (Å²) in [5.74, 6) is 0.610. The van der Waals surface area contributed by atoms with Gasteiger partial charge >= 0.3 is 0 Å². The first-order valence-electron chi connectivity index (χ1n) is 8.25. The third-order valence-electron chi connectivity index (χ3n) is 3.99. The Hall–Kier alpha value is -3.21. The number of carbonyl (C=O) groups is 1. The highest BCUT2D eigenvalue weighted by Gasteiger charge is 2.06. The Morgan fingerprint density at radius 1 is 1.12 bits per heavy atom. The van der Waals surface area contributed by atoms with Gasteiger partial charge < -0.3 is 4.42 Å². The van der Waals surface area contributed by atoms with Gasteiger partial charge in [-0.15, -0.1) is 0 Å². The smallest absolute Gasteiger partial charge is 0.244 e. The second kappa shape index (κ2) is 7.78. The minimum atomic E-state index is -0.298. The summed E-state index contributed by atoms with van der Waals surface area (Å²) in [6, 6.07) is 15.6. The summed E-state index contributed by atoms with van der Waals surface area (Å²) in [7, 11) is 0. The van der Waals surface area contributed by atoms with Gasteiger partial charge in [-0.1, -0.05) is 23.8 Å². The van der Waals surface area contributed by atoms with Gasteiger partial charge in [-0.25, -0.2) is 9.82 Å². The van der Waals surface area contributed by atoms with Crippen molar-refractivity contribution in [2.75, 3.05) is 0 Å². The van der Waals surface area contributed by atoms with Gasteiger partial charge in [-0.05, 0) is 61.4 Å². The molecule has 0 fully saturated rings. The minimum Gasteiger partial charge on any atom is -0.455 e. The van der Waals surface area contributed by atoms with Crippen LogP contribution in [0.3, 0.4) is 0 Å². The van der Waals surface area contributed by atoms with Crippen molar-refractivity contribution in [2.24, 2.45) is 5.10 Å². The number of amides is 1. The number of nitrogens with zero attached hydrogens (tertiary/aromatic N) is 1. The Kier molecular flexibility index (Phi) is 5.27. The van der Waals surface area contributed by atoms with E-state index >= 15 is 0 Å². The number of furan rings is 1. The summed E-state index contributed by atoms with van der Waals surface area (Å²) in [5.41, 5.74) is 6.44. The van der Waals surface area contributed by atoms with Gasteiger partial charge in [0.1, 0.15) is 17.3 Å². The molecule has 132 valence electrons. The van der Waals surface area contributed by atoms with Crippen molar-refractivity contribution in [3.63, 3.8) is 0 Å². The molecule has 4 nitrogen and oxygen atoms in total. The normalized spacial score (nSPS) is 11.0. The average Bonchev–Trinajstić information content (AvgIpc) is 3.08. The Balaban J connectivity index is 1.59. The first-order chi connectivity index (χ1) is 12.5. The fourth-order valence-corrected chi connectivity index (χ4v) is 2.56. The molecule has 0 aliphatic heterocycles. The van der Waals surface area contributed by atoms with Crippen LogP contribution in [-0.4, -0.2) is 12.1 Å². The van der Waals surface area contributed by atoms with E-state index in [-0.39, 0.29) is 18.1 Å². The molecule has 0 saturated carbocycles. The fourth-order valence-electron chi connectivity index (χ4n) is 2.56. The van der Waals surface area contributed by atoms with Crippen molar-refractivity contribution in [3.05, 3.63) is 82.9 Å². The van der Waals surface area contributed by atoms with E-state index in [1.165, 1.54) is 18.3 Å². The van der Waals surface area contributed by atoms with Crippen molar-refractivity contribution >= 4 is 12.1 Å². The first-order valence-corrected chi connectivity index (χ1v) is 8.25. The SMILES string of the molecule is Cc1ccc(C)c(CC(=O)N/N=C\c2ccc(-c3ccc(F)cc3)o2)c1. The molecule has 0 aliphatic rings. The van der Waals surface area contributed by atoms with Crippen LogP contribution < -0.4 is 5.43 Å². The van der Waals surface area contributed by atoms with E-state index in [4.69, 9.17) is 4.42 Å². The summed E-state index contributed by atoms with van der Waals surface area (Å²) in [6.45, 7) is 3.97. The van der Waals surface area contributed by atoms with Crippen LogP contribution in [0.2, 0.25) is 0 Å². The van der Waals surface area contributed by atoms with Crippen LogP contribution in [0.4, 0.5) is 4.39 Å². The molecule has 1 N–H and O–H groups in total. The first kappa shape index (κ1) is 17.6. The monoisotopic (exact) mass is 350 g/mol. The highest BCUT2D eigenvalue weighted by atomic mass is 19.1. The van der Waals surface area contributed by atoms with Crippen LogP contribution in [0.1, 0.15) is 22.5 Å². The predicted octanol–water partition coefficient (Wildman–Crippen LogP) is 4.40. The number of carbonyl (C=O) groups excluding carboxylic acids is 1. The number of aryl methyl sites for hydroxylation is 2. The number of halogens is 1. The lowest BCUT2D eigenvalue weighted by molar-refractivity contribution is -0.120. The third kappa shape index (κ3) is 4.45. The molecule has 0 aliphatic carbocycles. The highest BCUT2D eigenvalue weighted by molar-refractivity contribution is 5.82. The standard InChI is InChI=1S/C21H19FN2O2/c1-14-3-4-15(2)17(11-14)12-21(25)24-23-13-19-9-10-20(26-19)16-5-7-18(22)8-6-16/h3-11,13H,12H2,1-2H3,(H,24,25)/b23-13-. The summed E-state index contributed by atoms with van der Waals surface area (Å²) < 4.78 is 18.6. The van der Waals surface area contributed by atoms with E-state index < -0.39 is 0 Å². The van der Waals surface area contributed by atoms with Crippen LogP contribution in [0, 0.1) is 19.7 Å². The van der Waals surface area contributed by atoms with E-state index in [1.54, 1.807) is 24.3 Å². The van der Waals surface area contributed by atoms with Gasteiger partial charge in [0, 0.05) is 5.56 Å². The number of rotatable bonds is 5. The molecule has 1 heterocycles. The maximum Gasteiger partial charge on any atom is 0.244 e. The number of benzene rings is 2. The maximum atomic E-state index is 13.0. The van der Waals surface area contributed by atoms with Gasteiger partial charge in [0.05, 0.1) is 12.6 Å². The number of hydrogen-bond donors (Lipinski definition) is 1. The number of nitrogens with one attached hydrogen (secondary N) is 1. The van der Waals surface area contributed by atoms with Crippen molar-refractivity contribution in [1.82, 2.24) is 5.43 Å². The van der Waals surface area contributed by atoms with Crippen LogP contribution >= 0.6 is 0 Å². The Morgan fingerprint density at radius 2 is 1.88 bits per heavy atom.